The van der Waals surface area contributed by atoms with Crippen molar-refractivity contribution in [2.75, 3.05) is 6.61 Å². The van der Waals surface area contributed by atoms with Crippen molar-refractivity contribution in [1.82, 2.24) is 14.8 Å². The van der Waals surface area contributed by atoms with Gasteiger partial charge in [0.05, 0.1) is 12.0 Å². The molecule has 2 atom stereocenters. The summed E-state index contributed by atoms with van der Waals surface area (Å²) in [6, 6.07) is 10.1. The Balaban J connectivity index is 1.72. The second kappa shape index (κ2) is 7.60. The highest BCUT2D eigenvalue weighted by atomic mass is 19.3. The largest absolute Gasteiger partial charge is 0.465 e. The van der Waals surface area contributed by atoms with Crippen molar-refractivity contribution in [3.05, 3.63) is 47.5 Å². The summed E-state index contributed by atoms with van der Waals surface area (Å²) in [5, 5.41) is 3.94. The first-order chi connectivity index (χ1) is 13.1. The molecule has 5 nitrogen and oxygen atoms in total. The summed E-state index contributed by atoms with van der Waals surface area (Å²) in [6.45, 7) is 8.04. The average Bonchev–Trinajstić information content (AvgIpc) is 3.23. The molecule has 1 aromatic heterocycles. The monoisotopic (exact) mass is 391 g/mol. The lowest BCUT2D eigenvalue weighted by molar-refractivity contribution is -0.153. The Bertz CT molecular complexity index is 830. The number of carbonyl (C=O) groups is 1. The molecule has 1 aromatic carbocycles. The van der Waals surface area contributed by atoms with Crippen LogP contribution in [0.3, 0.4) is 0 Å². The van der Waals surface area contributed by atoms with E-state index in [1.807, 2.05) is 39.0 Å². The van der Waals surface area contributed by atoms with E-state index in [0.29, 0.717) is 19.0 Å². The predicted molar refractivity (Wildman–Crippen MR) is 101 cm³/mol. The summed E-state index contributed by atoms with van der Waals surface area (Å²) in [4.78, 5) is 16.0. The molecule has 0 aliphatic heterocycles. The zero-order chi connectivity index (χ0) is 20.5. The number of ether oxygens (including phenoxy) is 1. The van der Waals surface area contributed by atoms with Crippen LogP contribution in [0.2, 0.25) is 0 Å². The van der Waals surface area contributed by atoms with Gasteiger partial charge in [0.2, 0.25) is 5.82 Å². The number of aryl methyl sites for hydroxylation is 2. The van der Waals surface area contributed by atoms with Crippen LogP contribution in [-0.4, -0.2) is 27.3 Å². The molecule has 0 amide bonds. The lowest BCUT2D eigenvalue weighted by atomic mass is 9.90. The number of rotatable bonds is 7. The van der Waals surface area contributed by atoms with Crippen LogP contribution < -0.4 is 0 Å². The molecule has 7 heteroatoms. The summed E-state index contributed by atoms with van der Waals surface area (Å²) in [5.41, 5.74) is 0.509. The van der Waals surface area contributed by atoms with Gasteiger partial charge >= 0.3 is 5.97 Å². The summed E-state index contributed by atoms with van der Waals surface area (Å²) < 4.78 is 32.8. The molecule has 28 heavy (non-hydrogen) atoms. The fourth-order valence-electron chi connectivity index (χ4n) is 3.62. The Morgan fingerprint density at radius 3 is 2.57 bits per heavy atom. The zero-order valence-electron chi connectivity index (χ0n) is 16.8. The first-order valence-corrected chi connectivity index (χ1v) is 9.56. The molecule has 0 saturated heterocycles. The smallest absolute Gasteiger partial charge is 0.311 e. The van der Waals surface area contributed by atoms with Crippen LogP contribution in [-0.2, 0) is 21.5 Å². The van der Waals surface area contributed by atoms with Crippen molar-refractivity contribution in [3.8, 4) is 0 Å². The van der Waals surface area contributed by atoms with Crippen LogP contribution in [0.4, 0.5) is 8.78 Å². The van der Waals surface area contributed by atoms with Gasteiger partial charge in [-0.2, -0.15) is 0 Å². The van der Waals surface area contributed by atoms with Crippen molar-refractivity contribution in [2.24, 2.45) is 11.3 Å². The average molecular weight is 391 g/mol. The highest BCUT2D eigenvalue weighted by Gasteiger charge is 2.55. The number of hydrogen-bond acceptors (Lipinski definition) is 4. The number of benzene rings is 1. The van der Waals surface area contributed by atoms with E-state index in [1.165, 1.54) is 5.56 Å². The van der Waals surface area contributed by atoms with E-state index in [0.717, 1.165) is 12.8 Å². The van der Waals surface area contributed by atoms with E-state index in [1.54, 1.807) is 11.6 Å². The summed E-state index contributed by atoms with van der Waals surface area (Å²) in [5.74, 6) is 0.0437. The molecule has 0 N–H and O–H groups in total. The molecule has 1 saturated carbocycles. The van der Waals surface area contributed by atoms with Crippen molar-refractivity contribution >= 4 is 5.97 Å². The number of aromatic nitrogens is 3. The second-order valence-electron chi connectivity index (χ2n) is 8.56. The third kappa shape index (κ3) is 4.23. The summed E-state index contributed by atoms with van der Waals surface area (Å²) >= 11 is 0. The van der Waals surface area contributed by atoms with Crippen LogP contribution in [0.5, 0.6) is 0 Å². The maximum atomic E-state index is 12.9. The van der Waals surface area contributed by atoms with E-state index >= 15 is 0 Å². The minimum absolute atomic E-state index is 0.136. The van der Waals surface area contributed by atoms with Gasteiger partial charge in [0.25, 0.3) is 6.43 Å². The molecule has 1 fully saturated rings. The number of alkyl halides is 2. The summed E-state index contributed by atoms with van der Waals surface area (Å²) in [6.07, 6.45) is -1.06. The SMILES string of the molecule is Cc1nc(C(F)F)nn1CC[C@@]1(c2ccccc2)C[C@H]1COC(=O)C(C)(C)C. The van der Waals surface area contributed by atoms with Crippen LogP contribution >= 0.6 is 0 Å². The second-order valence-corrected chi connectivity index (χ2v) is 8.56. The third-order valence-electron chi connectivity index (χ3n) is 5.45. The van der Waals surface area contributed by atoms with Crippen molar-refractivity contribution in [2.45, 2.75) is 58.9 Å². The predicted octanol–water partition coefficient (Wildman–Crippen LogP) is 4.46. The van der Waals surface area contributed by atoms with E-state index in [2.05, 4.69) is 22.2 Å². The Morgan fingerprint density at radius 2 is 2.00 bits per heavy atom. The molecule has 1 aliphatic carbocycles. The van der Waals surface area contributed by atoms with Gasteiger partial charge in [0, 0.05) is 17.9 Å². The standard InChI is InChI=1S/C21H27F2N3O2/c1-14-24-18(17(22)23)25-26(14)11-10-21(15-8-6-5-7-9-15)12-16(21)13-28-19(27)20(2,3)4/h5-9,16-17H,10-13H2,1-4H3/t16-,21-/m0/s1. The maximum absolute atomic E-state index is 12.9. The van der Waals surface area contributed by atoms with Crippen LogP contribution in [0.25, 0.3) is 0 Å². The van der Waals surface area contributed by atoms with Gasteiger partial charge in [-0.05, 0) is 46.1 Å². The minimum atomic E-state index is -2.67. The Morgan fingerprint density at radius 1 is 1.32 bits per heavy atom. The molecular formula is C21H27F2N3O2. The van der Waals surface area contributed by atoms with Crippen molar-refractivity contribution in [3.63, 3.8) is 0 Å². The third-order valence-corrected chi connectivity index (χ3v) is 5.45. The topological polar surface area (TPSA) is 57.0 Å². The first-order valence-electron chi connectivity index (χ1n) is 9.56. The normalized spacial score (nSPS) is 21.8. The van der Waals surface area contributed by atoms with E-state index in [-0.39, 0.29) is 17.3 Å². The number of carbonyl (C=O) groups excluding carboxylic acids is 1. The number of hydrogen-bond donors (Lipinski definition) is 0. The summed E-state index contributed by atoms with van der Waals surface area (Å²) in [7, 11) is 0. The van der Waals surface area contributed by atoms with E-state index < -0.39 is 17.7 Å². The molecular weight excluding hydrogens is 364 g/mol. The maximum Gasteiger partial charge on any atom is 0.311 e. The Hall–Kier alpha value is -2.31. The van der Waals surface area contributed by atoms with Crippen LogP contribution in [0, 0.1) is 18.3 Å². The van der Waals surface area contributed by atoms with Gasteiger partial charge in [0.1, 0.15) is 5.82 Å². The molecule has 0 radical (unpaired) electrons. The van der Waals surface area contributed by atoms with E-state index in [9.17, 15) is 13.6 Å². The minimum Gasteiger partial charge on any atom is -0.465 e. The first kappa shape index (κ1) is 20.4. The highest BCUT2D eigenvalue weighted by Crippen LogP contribution is 2.57. The van der Waals surface area contributed by atoms with Gasteiger partial charge in [0.15, 0.2) is 0 Å². The van der Waals surface area contributed by atoms with Gasteiger partial charge in [-0.1, -0.05) is 30.3 Å². The molecule has 0 bridgehead atoms. The Labute approximate surface area is 164 Å². The van der Waals surface area contributed by atoms with Crippen LogP contribution in [0.1, 0.15) is 57.3 Å². The Kier molecular flexibility index (Phi) is 5.55. The fourth-order valence-corrected chi connectivity index (χ4v) is 3.62. The van der Waals surface area contributed by atoms with Gasteiger partial charge in [-0.25, -0.2) is 18.4 Å². The molecule has 3 rings (SSSR count). The van der Waals surface area contributed by atoms with Gasteiger partial charge in [-0.3, -0.25) is 4.79 Å². The lowest BCUT2D eigenvalue weighted by Crippen LogP contribution is -2.25. The lowest BCUT2D eigenvalue weighted by Gasteiger charge is -2.20. The molecule has 0 spiro atoms. The van der Waals surface area contributed by atoms with Gasteiger partial charge in [-0.15, -0.1) is 5.10 Å². The molecule has 1 heterocycles. The number of halogens is 2. The molecule has 2 aromatic rings. The molecule has 152 valence electrons. The molecule has 0 unspecified atom stereocenters. The van der Waals surface area contributed by atoms with Crippen molar-refractivity contribution < 1.29 is 18.3 Å². The number of nitrogens with zero attached hydrogens (tertiary/aromatic N) is 3. The van der Waals surface area contributed by atoms with Crippen molar-refractivity contribution in [1.29, 1.82) is 0 Å². The fraction of sp³-hybridized carbons (Fsp3) is 0.571. The zero-order valence-corrected chi connectivity index (χ0v) is 16.8. The van der Waals surface area contributed by atoms with Gasteiger partial charge < -0.3 is 4.74 Å². The van der Waals surface area contributed by atoms with Crippen LogP contribution in [0.15, 0.2) is 30.3 Å². The molecule has 1 aliphatic rings. The van der Waals surface area contributed by atoms with E-state index in [4.69, 9.17) is 4.74 Å². The highest BCUT2D eigenvalue weighted by molar-refractivity contribution is 5.75. The number of esters is 1. The quantitative estimate of drug-likeness (QED) is 0.654.